The third-order valence-electron chi connectivity index (χ3n) is 11.6. The van der Waals surface area contributed by atoms with Crippen LogP contribution in [-0.2, 0) is 0 Å². The molecule has 0 aliphatic rings. The quantitative estimate of drug-likeness (QED) is 0.162. The van der Waals surface area contributed by atoms with Gasteiger partial charge >= 0.3 is 0 Å². The first kappa shape index (κ1) is 33.9. The van der Waals surface area contributed by atoms with Crippen molar-refractivity contribution in [1.29, 1.82) is 0 Å². The molecule has 0 spiro atoms. The van der Waals surface area contributed by atoms with E-state index >= 15 is 0 Å². The Hall–Kier alpha value is -8.15. The van der Waals surface area contributed by atoms with Gasteiger partial charge in [0.1, 0.15) is 16.7 Å². The largest absolute Gasteiger partial charge is 0.456 e. The van der Waals surface area contributed by atoms with Crippen molar-refractivity contribution in [2.45, 2.75) is 0 Å². The number of fused-ring (bicyclic) bond motifs is 7. The molecule has 5 nitrogen and oxygen atoms in total. The van der Waals surface area contributed by atoms with Crippen LogP contribution in [0.3, 0.4) is 0 Å². The Morgan fingerprint density at radius 3 is 1.70 bits per heavy atom. The van der Waals surface area contributed by atoms with Crippen molar-refractivity contribution in [3.63, 3.8) is 0 Å². The van der Waals surface area contributed by atoms with Gasteiger partial charge in [-0.1, -0.05) is 121 Å². The predicted molar refractivity (Wildman–Crippen MR) is 247 cm³/mol. The highest BCUT2D eigenvalue weighted by Gasteiger charge is 2.22. The van der Waals surface area contributed by atoms with Crippen molar-refractivity contribution < 1.29 is 8.83 Å². The summed E-state index contributed by atoms with van der Waals surface area (Å²) < 4.78 is 14.9. The number of aromatic nitrogens is 2. The molecule has 0 amide bonds. The zero-order valence-electron chi connectivity index (χ0n) is 32.4. The third-order valence-corrected chi connectivity index (χ3v) is 11.6. The summed E-state index contributed by atoms with van der Waals surface area (Å²) in [5, 5.41) is 4.45. The summed E-state index contributed by atoms with van der Waals surface area (Å²) in [5.74, 6) is 0.600. The van der Waals surface area contributed by atoms with Crippen molar-refractivity contribution in [2.75, 3.05) is 4.90 Å². The lowest BCUT2D eigenvalue weighted by molar-refractivity contribution is 0.617. The molecule has 0 N–H and O–H groups in total. The molecule has 5 heteroatoms. The standard InChI is InChI=1S/C55H35N3O2/c1-4-13-36(14-5-1)37-23-28-42(29-24-37)57(49-21-12-22-50-54(49)44-19-10-11-20-48(44)58(50)41-17-8-3-9-18-41)43-30-25-38(26-31-43)40-27-32-51-45(33-40)46-34-47-53(35-52(46)59-51)60-55(56-47)39-15-6-2-7-16-39/h1-35H. The van der Waals surface area contributed by atoms with Gasteiger partial charge in [-0.25, -0.2) is 4.98 Å². The normalized spacial score (nSPS) is 11.7. The minimum atomic E-state index is 0.600. The van der Waals surface area contributed by atoms with Crippen molar-refractivity contribution >= 4 is 71.9 Å². The van der Waals surface area contributed by atoms with Gasteiger partial charge in [0.2, 0.25) is 5.89 Å². The van der Waals surface area contributed by atoms with Crippen LogP contribution in [-0.4, -0.2) is 9.55 Å². The maximum Gasteiger partial charge on any atom is 0.227 e. The molecule has 3 aromatic heterocycles. The number of furan rings is 1. The lowest BCUT2D eigenvalue weighted by Crippen LogP contribution is -2.10. The molecule has 12 rings (SSSR count). The fraction of sp³-hybridized carbons (Fsp3) is 0. The van der Waals surface area contributed by atoms with E-state index in [4.69, 9.17) is 13.8 Å². The summed E-state index contributed by atoms with van der Waals surface area (Å²) in [7, 11) is 0. The van der Waals surface area contributed by atoms with Crippen LogP contribution in [0.4, 0.5) is 17.1 Å². The first-order valence-corrected chi connectivity index (χ1v) is 20.2. The second-order valence-electron chi connectivity index (χ2n) is 15.2. The maximum atomic E-state index is 6.35. The SMILES string of the molecule is c1ccc(-c2ccc(N(c3ccc(-c4ccc5oc6cc7oc(-c8ccccc8)nc7cc6c5c4)cc3)c3cccc4c3c3ccccc3n4-c3ccccc3)cc2)cc1. The van der Waals surface area contributed by atoms with Crippen molar-refractivity contribution in [2.24, 2.45) is 0 Å². The van der Waals surface area contributed by atoms with Crippen LogP contribution in [0.2, 0.25) is 0 Å². The highest BCUT2D eigenvalue weighted by molar-refractivity contribution is 6.16. The van der Waals surface area contributed by atoms with E-state index in [1.807, 2.05) is 36.4 Å². The lowest BCUT2D eigenvalue weighted by Gasteiger charge is -2.27. The highest BCUT2D eigenvalue weighted by Crippen LogP contribution is 2.45. The molecule has 0 radical (unpaired) electrons. The van der Waals surface area contributed by atoms with E-state index in [1.165, 1.54) is 27.4 Å². The number of rotatable bonds is 7. The number of hydrogen-bond acceptors (Lipinski definition) is 4. The Kier molecular flexibility index (Phi) is 7.78. The van der Waals surface area contributed by atoms with Crippen molar-refractivity contribution in [3.05, 3.63) is 212 Å². The highest BCUT2D eigenvalue weighted by atomic mass is 16.4. The second-order valence-corrected chi connectivity index (χ2v) is 15.2. The summed E-state index contributed by atoms with van der Waals surface area (Å²) in [4.78, 5) is 7.23. The number of benzene rings is 9. The maximum absolute atomic E-state index is 6.35. The molecule has 0 aliphatic heterocycles. The number of oxazole rings is 1. The number of hydrogen-bond donors (Lipinski definition) is 0. The van der Waals surface area contributed by atoms with E-state index in [1.54, 1.807) is 0 Å². The van der Waals surface area contributed by atoms with E-state index in [2.05, 4.69) is 185 Å². The van der Waals surface area contributed by atoms with Crippen molar-refractivity contribution in [3.8, 4) is 39.4 Å². The van der Waals surface area contributed by atoms with E-state index in [0.29, 0.717) is 11.5 Å². The molecule has 3 heterocycles. The molecule has 282 valence electrons. The summed E-state index contributed by atoms with van der Waals surface area (Å²) in [6, 6.07) is 74.8. The summed E-state index contributed by atoms with van der Waals surface area (Å²) in [6.45, 7) is 0. The topological polar surface area (TPSA) is 47.3 Å². The van der Waals surface area contributed by atoms with Crippen LogP contribution in [0, 0.1) is 0 Å². The van der Waals surface area contributed by atoms with Crippen LogP contribution in [0.5, 0.6) is 0 Å². The molecule has 0 aliphatic carbocycles. The third kappa shape index (κ3) is 5.59. The second kappa shape index (κ2) is 13.8. The van der Waals surface area contributed by atoms with Crippen LogP contribution in [0.1, 0.15) is 0 Å². The van der Waals surface area contributed by atoms with Crippen LogP contribution in [0.15, 0.2) is 221 Å². The zero-order valence-corrected chi connectivity index (χ0v) is 32.4. The van der Waals surface area contributed by atoms with Crippen LogP contribution >= 0.6 is 0 Å². The zero-order chi connectivity index (χ0) is 39.6. The number of para-hydroxylation sites is 2. The van der Waals surface area contributed by atoms with Gasteiger partial charge < -0.3 is 18.3 Å². The van der Waals surface area contributed by atoms with Crippen molar-refractivity contribution in [1.82, 2.24) is 9.55 Å². The molecular formula is C55H35N3O2. The van der Waals surface area contributed by atoms with E-state index in [9.17, 15) is 0 Å². The minimum Gasteiger partial charge on any atom is -0.456 e. The molecule has 0 saturated carbocycles. The molecule has 60 heavy (non-hydrogen) atoms. The average molecular weight is 770 g/mol. The Bertz CT molecular complexity index is 3510. The molecule has 0 fully saturated rings. The molecular weight excluding hydrogens is 735 g/mol. The number of anilines is 3. The van der Waals surface area contributed by atoms with E-state index in [-0.39, 0.29) is 0 Å². The van der Waals surface area contributed by atoms with Gasteiger partial charge in [-0.2, -0.15) is 0 Å². The van der Waals surface area contributed by atoms with Gasteiger partial charge in [0.25, 0.3) is 0 Å². The molecule has 0 bridgehead atoms. The fourth-order valence-electron chi connectivity index (χ4n) is 8.79. The molecule has 12 aromatic rings. The lowest BCUT2D eigenvalue weighted by atomic mass is 10.0. The summed E-state index contributed by atoms with van der Waals surface area (Å²) in [5.41, 5.74) is 15.4. The predicted octanol–water partition coefficient (Wildman–Crippen LogP) is 15.3. The van der Waals surface area contributed by atoms with Crippen LogP contribution in [0.25, 0.3) is 94.2 Å². The van der Waals surface area contributed by atoms with Gasteiger partial charge in [-0.05, 0) is 107 Å². The molecule has 0 unspecified atom stereocenters. The summed E-state index contributed by atoms with van der Waals surface area (Å²) in [6.07, 6.45) is 0. The van der Waals surface area contributed by atoms with Gasteiger partial charge in [0, 0.05) is 50.2 Å². The van der Waals surface area contributed by atoms with Gasteiger partial charge in [0.05, 0.1) is 16.7 Å². The molecule has 0 saturated heterocycles. The first-order chi connectivity index (χ1) is 29.7. The average Bonchev–Trinajstić information content (AvgIpc) is 4.01. The molecule has 9 aromatic carbocycles. The smallest absolute Gasteiger partial charge is 0.227 e. The Morgan fingerprint density at radius 2 is 0.967 bits per heavy atom. The summed E-state index contributed by atoms with van der Waals surface area (Å²) >= 11 is 0. The fourth-order valence-corrected chi connectivity index (χ4v) is 8.79. The van der Waals surface area contributed by atoms with Crippen LogP contribution < -0.4 is 4.90 Å². The molecule has 0 atom stereocenters. The minimum absolute atomic E-state index is 0.600. The van der Waals surface area contributed by atoms with Gasteiger partial charge in [0.15, 0.2) is 5.58 Å². The van der Waals surface area contributed by atoms with Gasteiger partial charge in [-0.3, -0.25) is 0 Å². The van der Waals surface area contributed by atoms with E-state index in [0.717, 1.165) is 72.4 Å². The van der Waals surface area contributed by atoms with Gasteiger partial charge in [-0.15, -0.1) is 0 Å². The Morgan fingerprint density at radius 1 is 0.383 bits per heavy atom. The van der Waals surface area contributed by atoms with E-state index < -0.39 is 0 Å². The Labute approximate surface area is 345 Å². The monoisotopic (exact) mass is 769 g/mol. The number of nitrogens with zero attached hydrogens (tertiary/aromatic N) is 3. The Balaban J connectivity index is 0.981. The first-order valence-electron chi connectivity index (χ1n) is 20.2.